The first kappa shape index (κ1) is 14.8. The molecule has 1 aliphatic rings. The van der Waals surface area contributed by atoms with Gasteiger partial charge in [-0.3, -0.25) is 0 Å². The summed E-state index contributed by atoms with van der Waals surface area (Å²) in [6.45, 7) is 5.59. The van der Waals surface area contributed by atoms with Gasteiger partial charge in [0.15, 0.2) is 0 Å². The van der Waals surface area contributed by atoms with Crippen LogP contribution in [-0.4, -0.2) is 11.6 Å². The highest BCUT2D eigenvalue weighted by atomic mass is 16.7. The summed E-state index contributed by atoms with van der Waals surface area (Å²) in [5.41, 5.74) is 0.234. The second kappa shape index (κ2) is 5.25. The van der Waals surface area contributed by atoms with Crippen molar-refractivity contribution >= 4 is 5.97 Å². The zero-order valence-electron chi connectivity index (χ0n) is 13.1. The molecular formula is C19H20O3. The first-order valence-corrected chi connectivity index (χ1v) is 7.45. The lowest BCUT2D eigenvalue weighted by molar-refractivity contribution is -0.162. The van der Waals surface area contributed by atoms with Gasteiger partial charge in [0.1, 0.15) is 11.7 Å². The molecule has 3 nitrogen and oxygen atoms in total. The first-order valence-electron chi connectivity index (χ1n) is 7.45. The SMILES string of the molecule is CC(C)(C)OC(=O)C1(c2ccccc2)OC1c1ccccc1. The van der Waals surface area contributed by atoms with Crippen molar-refractivity contribution in [1.82, 2.24) is 0 Å². The van der Waals surface area contributed by atoms with Gasteiger partial charge in [-0.25, -0.2) is 4.79 Å². The van der Waals surface area contributed by atoms with Crippen molar-refractivity contribution in [3.05, 3.63) is 71.8 Å². The highest BCUT2D eigenvalue weighted by Crippen LogP contribution is 2.58. The molecule has 2 unspecified atom stereocenters. The summed E-state index contributed by atoms with van der Waals surface area (Å²) >= 11 is 0. The van der Waals surface area contributed by atoms with Crippen LogP contribution in [0.4, 0.5) is 0 Å². The molecule has 0 N–H and O–H groups in total. The average molecular weight is 296 g/mol. The van der Waals surface area contributed by atoms with Crippen LogP contribution in [0, 0.1) is 0 Å². The molecule has 2 aromatic carbocycles. The van der Waals surface area contributed by atoms with Crippen molar-refractivity contribution in [3.8, 4) is 0 Å². The third kappa shape index (κ3) is 2.64. The molecule has 0 radical (unpaired) electrons. The molecule has 114 valence electrons. The predicted molar refractivity (Wildman–Crippen MR) is 84.2 cm³/mol. The molecule has 2 atom stereocenters. The molecule has 0 aliphatic carbocycles. The number of epoxide rings is 1. The van der Waals surface area contributed by atoms with E-state index in [1.165, 1.54) is 0 Å². The minimum atomic E-state index is -1.03. The fraction of sp³-hybridized carbons (Fsp3) is 0.316. The van der Waals surface area contributed by atoms with Gasteiger partial charge in [-0.05, 0) is 31.9 Å². The van der Waals surface area contributed by atoms with Gasteiger partial charge in [-0.15, -0.1) is 0 Å². The number of rotatable bonds is 3. The van der Waals surface area contributed by atoms with Gasteiger partial charge in [0.25, 0.3) is 0 Å². The Morgan fingerprint density at radius 2 is 1.55 bits per heavy atom. The normalized spacial score (nSPS) is 23.9. The monoisotopic (exact) mass is 296 g/mol. The van der Waals surface area contributed by atoms with E-state index in [1.807, 2.05) is 81.4 Å². The molecule has 1 fully saturated rings. The van der Waals surface area contributed by atoms with Crippen LogP contribution in [0.5, 0.6) is 0 Å². The lowest BCUT2D eigenvalue weighted by Gasteiger charge is -2.23. The molecule has 0 spiro atoms. The molecule has 1 aliphatic heterocycles. The van der Waals surface area contributed by atoms with Crippen molar-refractivity contribution in [3.63, 3.8) is 0 Å². The van der Waals surface area contributed by atoms with Gasteiger partial charge >= 0.3 is 5.97 Å². The number of benzene rings is 2. The molecule has 2 aromatic rings. The van der Waals surface area contributed by atoms with Crippen LogP contribution in [0.25, 0.3) is 0 Å². The molecule has 0 saturated carbocycles. The second-order valence-corrected chi connectivity index (χ2v) is 6.51. The smallest absolute Gasteiger partial charge is 0.346 e. The number of hydrogen-bond donors (Lipinski definition) is 0. The van der Waals surface area contributed by atoms with Crippen molar-refractivity contribution in [2.75, 3.05) is 0 Å². The Kier molecular flexibility index (Phi) is 3.53. The molecule has 0 aromatic heterocycles. The van der Waals surface area contributed by atoms with Crippen LogP contribution in [0.3, 0.4) is 0 Å². The van der Waals surface area contributed by atoms with Crippen LogP contribution in [0.2, 0.25) is 0 Å². The number of hydrogen-bond acceptors (Lipinski definition) is 3. The summed E-state index contributed by atoms with van der Waals surface area (Å²) in [5.74, 6) is -0.333. The first-order chi connectivity index (χ1) is 10.4. The van der Waals surface area contributed by atoms with E-state index < -0.39 is 11.2 Å². The molecule has 1 saturated heterocycles. The van der Waals surface area contributed by atoms with Gasteiger partial charge in [-0.1, -0.05) is 60.7 Å². The highest BCUT2D eigenvalue weighted by molar-refractivity contribution is 5.86. The minimum absolute atomic E-state index is 0.300. The molecule has 0 amide bonds. The lowest BCUT2D eigenvalue weighted by Crippen LogP contribution is -2.33. The van der Waals surface area contributed by atoms with Crippen LogP contribution < -0.4 is 0 Å². The van der Waals surface area contributed by atoms with E-state index in [0.29, 0.717) is 0 Å². The van der Waals surface area contributed by atoms with Gasteiger partial charge < -0.3 is 9.47 Å². The summed E-state index contributed by atoms with van der Waals surface area (Å²) in [7, 11) is 0. The third-order valence-corrected chi connectivity index (χ3v) is 3.62. The van der Waals surface area contributed by atoms with Gasteiger partial charge in [0.2, 0.25) is 5.60 Å². The minimum Gasteiger partial charge on any atom is -0.457 e. The summed E-state index contributed by atoms with van der Waals surface area (Å²) in [6.07, 6.45) is -0.300. The highest BCUT2D eigenvalue weighted by Gasteiger charge is 2.66. The molecule has 1 heterocycles. The summed E-state index contributed by atoms with van der Waals surface area (Å²) < 4.78 is 11.5. The number of carbonyl (C=O) groups is 1. The molecular weight excluding hydrogens is 276 g/mol. The summed E-state index contributed by atoms with van der Waals surface area (Å²) in [6, 6.07) is 19.3. The van der Waals surface area contributed by atoms with Crippen molar-refractivity contribution in [2.45, 2.75) is 38.1 Å². The Labute approximate surface area is 130 Å². The van der Waals surface area contributed by atoms with E-state index in [9.17, 15) is 4.79 Å². The van der Waals surface area contributed by atoms with Crippen LogP contribution in [-0.2, 0) is 19.9 Å². The maximum atomic E-state index is 12.8. The Morgan fingerprint density at radius 3 is 2.09 bits per heavy atom. The fourth-order valence-corrected chi connectivity index (χ4v) is 2.61. The largest absolute Gasteiger partial charge is 0.457 e. The maximum Gasteiger partial charge on any atom is 0.346 e. The van der Waals surface area contributed by atoms with E-state index in [-0.39, 0.29) is 12.1 Å². The Balaban J connectivity index is 1.98. The van der Waals surface area contributed by atoms with Crippen LogP contribution in [0.15, 0.2) is 60.7 Å². The number of esters is 1. The number of carbonyl (C=O) groups excluding carboxylic acids is 1. The molecule has 3 rings (SSSR count). The molecule has 3 heteroatoms. The quantitative estimate of drug-likeness (QED) is 0.635. The van der Waals surface area contributed by atoms with Crippen LogP contribution >= 0.6 is 0 Å². The van der Waals surface area contributed by atoms with Gasteiger partial charge in [0.05, 0.1) is 0 Å². The van der Waals surface area contributed by atoms with Gasteiger partial charge in [-0.2, -0.15) is 0 Å². The van der Waals surface area contributed by atoms with E-state index >= 15 is 0 Å². The van der Waals surface area contributed by atoms with E-state index in [4.69, 9.17) is 9.47 Å². The maximum absolute atomic E-state index is 12.8. The topological polar surface area (TPSA) is 38.8 Å². The second-order valence-electron chi connectivity index (χ2n) is 6.51. The third-order valence-electron chi connectivity index (χ3n) is 3.62. The van der Waals surface area contributed by atoms with E-state index in [0.717, 1.165) is 11.1 Å². The fourth-order valence-electron chi connectivity index (χ4n) is 2.61. The molecule has 22 heavy (non-hydrogen) atoms. The lowest BCUT2D eigenvalue weighted by atomic mass is 9.91. The van der Waals surface area contributed by atoms with Gasteiger partial charge in [0, 0.05) is 0 Å². The van der Waals surface area contributed by atoms with E-state index in [1.54, 1.807) is 0 Å². The zero-order valence-corrected chi connectivity index (χ0v) is 13.1. The van der Waals surface area contributed by atoms with Crippen LogP contribution in [0.1, 0.15) is 38.0 Å². The van der Waals surface area contributed by atoms with Crippen molar-refractivity contribution in [2.24, 2.45) is 0 Å². The Hall–Kier alpha value is -2.13. The Morgan fingerprint density at radius 1 is 1.00 bits per heavy atom. The molecule has 0 bridgehead atoms. The zero-order chi connectivity index (χ0) is 15.8. The van der Waals surface area contributed by atoms with Crippen molar-refractivity contribution in [1.29, 1.82) is 0 Å². The standard InChI is InChI=1S/C19H20O3/c1-18(2,3)22-17(20)19(15-12-8-5-9-13-15)16(21-19)14-10-6-4-7-11-14/h4-13,16H,1-3H3. The summed E-state index contributed by atoms with van der Waals surface area (Å²) in [4.78, 5) is 12.8. The average Bonchev–Trinajstić information content (AvgIpc) is 3.24. The summed E-state index contributed by atoms with van der Waals surface area (Å²) in [5, 5.41) is 0. The van der Waals surface area contributed by atoms with Crippen molar-refractivity contribution < 1.29 is 14.3 Å². The Bertz CT molecular complexity index is 658. The van der Waals surface area contributed by atoms with E-state index in [2.05, 4.69) is 0 Å². The predicted octanol–water partition coefficient (Wildman–Crippen LogP) is 4.00. The number of ether oxygens (including phenoxy) is 2.